The molecule has 186 valence electrons. The zero-order chi connectivity index (χ0) is 21.3. The summed E-state index contributed by atoms with van der Waals surface area (Å²) < 4.78 is -0.314. The molecule has 0 bridgehead atoms. The summed E-state index contributed by atoms with van der Waals surface area (Å²) >= 11 is 1.85. The van der Waals surface area contributed by atoms with Crippen molar-refractivity contribution in [1.82, 2.24) is 19.5 Å². The molecule has 2 saturated heterocycles. The Morgan fingerprint density at radius 2 is 1.68 bits per heavy atom. The van der Waals surface area contributed by atoms with Gasteiger partial charge in [-0.3, -0.25) is 0 Å². The molecule has 2 aromatic heterocycles. The number of quaternary nitrogens is 1. The second-order valence-electron chi connectivity index (χ2n) is 8.33. The van der Waals surface area contributed by atoms with Gasteiger partial charge < -0.3 is 19.7 Å². The van der Waals surface area contributed by atoms with E-state index in [4.69, 9.17) is 4.98 Å². The predicted molar refractivity (Wildman–Crippen MR) is 153 cm³/mol. The lowest BCUT2D eigenvalue weighted by Gasteiger charge is -2.43. The van der Waals surface area contributed by atoms with Gasteiger partial charge in [0.1, 0.15) is 5.82 Å². The van der Waals surface area contributed by atoms with Gasteiger partial charge in [-0.2, -0.15) is 11.8 Å². The standard InChI is InChI=1S/C24H29N5OS.3ClH/c1-2-27-9-11-28(12-10-27)24-21-6-4-3-5-19(21)17-22(26-24)20-7-8-23(25-18-20)29(30)13-15-31-16-14-29;;;/h3-8,17-18H,2,9-16H2,1H3;3*1H. The van der Waals surface area contributed by atoms with Gasteiger partial charge in [0, 0.05) is 60.9 Å². The van der Waals surface area contributed by atoms with Crippen molar-refractivity contribution in [3.63, 3.8) is 0 Å². The highest BCUT2D eigenvalue weighted by molar-refractivity contribution is 7.99. The third-order valence-corrected chi connectivity index (χ3v) is 7.44. The van der Waals surface area contributed by atoms with E-state index in [9.17, 15) is 5.21 Å². The van der Waals surface area contributed by atoms with Crippen LogP contribution in [-0.2, 0) is 0 Å². The van der Waals surface area contributed by atoms with Crippen molar-refractivity contribution in [2.45, 2.75) is 6.92 Å². The van der Waals surface area contributed by atoms with Crippen molar-refractivity contribution in [2.24, 2.45) is 0 Å². The summed E-state index contributed by atoms with van der Waals surface area (Å²) in [5.74, 6) is 3.45. The summed E-state index contributed by atoms with van der Waals surface area (Å²) in [4.78, 5) is 14.6. The van der Waals surface area contributed by atoms with Crippen molar-refractivity contribution >= 4 is 71.4 Å². The number of hydrogen-bond donors (Lipinski definition) is 0. The van der Waals surface area contributed by atoms with Gasteiger partial charge in [-0.05, 0) is 24.1 Å². The first-order valence-corrected chi connectivity index (χ1v) is 12.3. The molecule has 3 aromatic rings. The molecule has 34 heavy (non-hydrogen) atoms. The Morgan fingerprint density at radius 3 is 2.32 bits per heavy atom. The van der Waals surface area contributed by atoms with Crippen molar-refractivity contribution in [3.05, 3.63) is 53.9 Å². The quantitative estimate of drug-likeness (QED) is 0.330. The molecule has 0 saturated carbocycles. The minimum atomic E-state index is -0.314. The fourth-order valence-electron chi connectivity index (χ4n) is 4.49. The van der Waals surface area contributed by atoms with Crippen molar-refractivity contribution in [3.8, 4) is 11.3 Å². The molecule has 0 unspecified atom stereocenters. The van der Waals surface area contributed by atoms with Crippen LogP contribution in [0, 0.1) is 5.21 Å². The molecule has 0 N–H and O–H groups in total. The summed E-state index contributed by atoms with van der Waals surface area (Å²) in [6.45, 7) is 8.61. The first-order valence-electron chi connectivity index (χ1n) is 11.2. The number of rotatable bonds is 4. The molecule has 6 nitrogen and oxygen atoms in total. The van der Waals surface area contributed by atoms with Crippen LogP contribution in [0.2, 0.25) is 0 Å². The molecular formula is C24H32Cl3N5OS. The average molecular weight is 545 g/mol. The molecule has 2 aliphatic rings. The van der Waals surface area contributed by atoms with Crippen molar-refractivity contribution < 1.29 is 0 Å². The smallest absolute Gasteiger partial charge is 0.227 e. The highest BCUT2D eigenvalue weighted by Gasteiger charge is 2.25. The summed E-state index contributed by atoms with van der Waals surface area (Å²) in [5.41, 5.74) is 1.87. The second kappa shape index (κ2) is 12.6. The topological polar surface area (TPSA) is 55.3 Å². The Labute approximate surface area is 224 Å². The van der Waals surface area contributed by atoms with Crippen LogP contribution in [0.3, 0.4) is 0 Å². The highest BCUT2D eigenvalue weighted by atomic mass is 35.5. The number of nitrogens with zero attached hydrogens (tertiary/aromatic N) is 5. The van der Waals surface area contributed by atoms with Gasteiger partial charge in [0.2, 0.25) is 5.82 Å². The second-order valence-corrected chi connectivity index (χ2v) is 9.55. The highest BCUT2D eigenvalue weighted by Crippen LogP contribution is 2.32. The largest absolute Gasteiger partial charge is 0.626 e. The Balaban J connectivity index is 0.00000136. The van der Waals surface area contributed by atoms with E-state index < -0.39 is 0 Å². The van der Waals surface area contributed by atoms with Crippen LogP contribution >= 0.6 is 49.0 Å². The number of pyridine rings is 2. The lowest BCUT2D eigenvalue weighted by Crippen LogP contribution is -2.49. The van der Waals surface area contributed by atoms with E-state index in [1.165, 1.54) is 10.8 Å². The van der Waals surface area contributed by atoms with E-state index in [0.29, 0.717) is 18.9 Å². The van der Waals surface area contributed by atoms with Gasteiger partial charge in [0.05, 0.1) is 18.8 Å². The Bertz CT molecular complexity index is 1060. The number of likely N-dealkylation sites (N-methyl/N-ethyl adjacent to an activating group) is 1. The Morgan fingerprint density at radius 1 is 0.971 bits per heavy atom. The zero-order valence-electron chi connectivity index (χ0n) is 19.3. The van der Waals surface area contributed by atoms with Crippen LogP contribution in [-0.4, -0.2) is 72.2 Å². The van der Waals surface area contributed by atoms with Crippen molar-refractivity contribution in [2.75, 3.05) is 62.2 Å². The van der Waals surface area contributed by atoms with Crippen LogP contribution in [0.25, 0.3) is 22.0 Å². The minimum absolute atomic E-state index is 0. The number of anilines is 1. The molecule has 4 heterocycles. The fourth-order valence-corrected chi connectivity index (χ4v) is 5.54. The van der Waals surface area contributed by atoms with Gasteiger partial charge in [-0.15, -0.1) is 37.2 Å². The summed E-state index contributed by atoms with van der Waals surface area (Å²) in [6, 6.07) is 14.5. The number of fused-ring (bicyclic) bond motifs is 1. The molecule has 0 atom stereocenters. The predicted octanol–water partition coefficient (Wildman–Crippen LogP) is 5.26. The third-order valence-electron chi connectivity index (χ3n) is 6.49. The molecule has 0 aliphatic carbocycles. The maximum atomic E-state index is 13.1. The lowest BCUT2D eigenvalue weighted by molar-refractivity contribution is 0.271. The van der Waals surface area contributed by atoms with E-state index in [0.717, 1.165) is 61.3 Å². The third kappa shape index (κ3) is 5.90. The van der Waals surface area contributed by atoms with E-state index in [1.807, 2.05) is 30.1 Å². The van der Waals surface area contributed by atoms with Gasteiger partial charge in [0.15, 0.2) is 0 Å². The monoisotopic (exact) mass is 543 g/mol. The number of halogens is 3. The Hall–Kier alpha value is -1.32. The van der Waals surface area contributed by atoms with Crippen LogP contribution in [0.15, 0.2) is 48.7 Å². The molecule has 0 radical (unpaired) electrons. The summed E-state index contributed by atoms with van der Waals surface area (Å²) in [5, 5.41) is 15.5. The van der Waals surface area contributed by atoms with Crippen LogP contribution in [0.1, 0.15) is 6.92 Å². The average Bonchev–Trinajstić information content (AvgIpc) is 2.84. The molecule has 2 fully saturated rings. The first-order chi connectivity index (χ1) is 15.2. The number of hydrogen-bond acceptors (Lipinski definition) is 6. The number of piperazine rings is 1. The molecule has 5 rings (SSSR count). The zero-order valence-corrected chi connectivity index (χ0v) is 22.5. The number of aromatic nitrogens is 2. The van der Waals surface area contributed by atoms with Gasteiger partial charge in [-0.25, -0.2) is 9.97 Å². The van der Waals surface area contributed by atoms with Gasteiger partial charge >= 0.3 is 0 Å². The van der Waals surface area contributed by atoms with Gasteiger partial charge in [-0.1, -0.05) is 31.2 Å². The van der Waals surface area contributed by atoms with Gasteiger partial charge in [0.25, 0.3) is 0 Å². The van der Waals surface area contributed by atoms with E-state index >= 15 is 0 Å². The maximum absolute atomic E-state index is 13.1. The van der Waals surface area contributed by atoms with Crippen LogP contribution in [0.5, 0.6) is 0 Å². The van der Waals surface area contributed by atoms with Crippen LogP contribution < -0.4 is 9.55 Å². The number of hydroxylamine groups is 2. The molecule has 0 amide bonds. The lowest BCUT2D eigenvalue weighted by atomic mass is 10.1. The molecule has 1 aromatic carbocycles. The normalized spacial score (nSPS) is 17.9. The summed E-state index contributed by atoms with van der Waals surface area (Å²) in [7, 11) is 0. The molecule has 0 spiro atoms. The Kier molecular flexibility index (Phi) is 10.7. The molecule has 10 heteroatoms. The fraction of sp³-hybridized carbons (Fsp3) is 0.417. The number of thioether (sulfide) groups is 1. The van der Waals surface area contributed by atoms with E-state index in [2.05, 4.69) is 52.0 Å². The molecule has 2 aliphatic heterocycles. The number of benzene rings is 1. The minimum Gasteiger partial charge on any atom is -0.626 e. The van der Waals surface area contributed by atoms with E-state index in [1.54, 1.807) is 0 Å². The maximum Gasteiger partial charge on any atom is 0.227 e. The molecular weight excluding hydrogens is 513 g/mol. The van der Waals surface area contributed by atoms with Crippen molar-refractivity contribution in [1.29, 1.82) is 0 Å². The van der Waals surface area contributed by atoms with Crippen LogP contribution in [0.4, 0.5) is 11.6 Å². The summed E-state index contributed by atoms with van der Waals surface area (Å²) in [6.07, 6.45) is 1.82. The first kappa shape index (κ1) is 28.9. The SMILES string of the molecule is CCN1CCN(c2nc(-c3ccc([N+]4([O-])CCSCC4)nc3)cc3ccccc23)CC1.Cl.Cl.Cl. The van der Waals surface area contributed by atoms with E-state index in [-0.39, 0.29) is 41.9 Å².